The summed E-state index contributed by atoms with van der Waals surface area (Å²) in [4.78, 5) is 38.5. The quantitative estimate of drug-likeness (QED) is 0.0459. The van der Waals surface area contributed by atoms with Gasteiger partial charge in [-0.05, 0) is 104 Å². The molecule has 3 saturated heterocycles. The van der Waals surface area contributed by atoms with Crippen molar-refractivity contribution in [3.8, 4) is 17.2 Å². The van der Waals surface area contributed by atoms with Crippen molar-refractivity contribution in [3.63, 3.8) is 0 Å². The number of nitrogens with one attached hydrogen (secondary N) is 1. The molecular weight excluding hydrogens is 948 g/mol. The molecule has 1 unspecified atom stereocenters. The maximum absolute atomic E-state index is 14.0. The molecule has 1 aromatic heterocycles. The number of sulfonamides is 1. The molecule has 4 aromatic rings. The van der Waals surface area contributed by atoms with Gasteiger partial charge < -0.3 is 34.0 Å². The van der Waals surface area contributed by atoms with Crippen molar-refractivity contribution < 1.29 is 78.3 Å². The van der Waals surface area contributed by atoms with E-state index in [9.17, 15) is 45.2 Å². The highest BCUT2D eigenvalue weighted by atomic mass is 35.5. The number of carbonyl (C=O) groups is 3. The van der Waals surface area contributed by atoms with Crippen molar-refractivity contribution in [2.45, 2.75) is 68.0 Å². The van der Waals surface area contributed by atoms with Crippen LogP contribution in [0.2, 0.25) is 10.0 Å². The number of carboxylic acid groups (broad SMARTS) is 1. The zero-order valence-electron chi connectivity index (χ0n) is 34.7. The van der Waals surface area contributed by atoms with E-state index in [1.165, 1.54) is 43.5 Å². The second kappa shape index (κ2) is 21.4. The number of halogens is 7. The minimum Gasteiger partial charge on any atom is -0.619 e. The Morgan fingerprint density at radius 2 is 1.58 bits per heavy atom. The number of fused-ring (bicyclic) bond motifs is 3. The molecule has 1 aliphatic carbocycles. The zero-order valence-corrected chi connectivity index (χ0v) is 37.0. The molecule has 4 fully saturated rings. The molecule has 8 rings (SSSR count). The SMILES string of the molecule is COc1ccc(C(NS(=O)(=O)c2cccc(C(=O)O[C@@H](Cc3c(Cl)c[n+]([O-])cc3Cl)c3ccc(OC(F)F)c(OCC4CC4)c3)c2)C(=O)O[C@H]2CN3CCC2CC3)cc1.O=C(O)C(F)(F)F. The summed E-state index contributed by atoms with van der Waals surface area (Å²) in [6.45, 7) is -0.494. The molecule has 3 aliphatic heterocycles. The highest BCUT2D eigenvalue weighted by molar-refractivity contribution is 7.89. The molecule has 66 heavy (non-hydrogen) atoms. The Balaban J connectivity index is 0.000000952. The van der Waals surface area contributed by atoms with Gasteiger partial charge in [0.2, 0.25) is 10.0 Å². The normalized spacial score (nSPS) is 18.9. The van der Waals surface area contributed by atoms with Gasteiger partial charge in [0.25, 0.3) is 0 Å². The molecule has 23 heteroatoms. The van der Waals surface area contributed by atoms with Crippen LogP contribution in [0.3, 0.4) is 0 Å². The molecule has 3 aromatic carbocycles. The average molecular weight is 991 g/mol. The van der Waals surface area contributed by atoms with Crippen LogP contribution in [0.1, 0.15) is 64.9 Å². The van der Waals surface area contributed by atoms with Gasteiger partial charge in [-0.25, -0.2) is 22.8 Å². The van der Waals surface area contributed by atoms with Crippen molar-refractivity contribution in [2.24, 2.45) is 11.8 Å². The van der Waals surface area contributed by atoms with Crippen molar-refractivity contribution in [2.75, 3.05) is 33.4 Å². The van der Waals surface area contributed by atoms with Crippen LogP contribution in [0.4, 0.5) is 22.0 Å². The van der Waals surface area contributed by atoms with Gasteiger partial charge in [-0.1, -0.05) is 47.5 Å². The van der Waals surface area contributed by atoms with Gasteiger partial charge in [0.15, 0.2) is 23.9 Å². The number of piperidine rings is 3. The summed E-state index contributed by atoms with van der Waals surface area (Å²) < 4.78 is 117. The molecule has 4 heterocycles. The number of hydrogen-bond acceptors (Lipinski definition) is 12. The molecule has 356 valence electrons. The maximum Gasteiger partial charge on any atom is 0.490 e. The molecule has 0 radical (unpaired) electrons. The van der Waals surface area contributed by atoms with Gasteiger partial charge in [0.05, 0.1) is 24.2 Å². The number of esters is 2. The summed E-state index contributed by atoms with van der Waals surface area (Å²) in [6, 6.07) is 14.0. The fourth-order valence-corrected chi connectivity index (χ4v) is 9.00. The van der Waals surface area contributed by atoms with Gasteiger partial charge in [-0.15, -0.1) is 0 Å². The second-order valence-electron chi connectivity index (χ2n) is 15.5. The standard InChI is InChI=1S/C41H41Cl2F2N3O10S.C2HF3O2/c1-54-29-10-7-26(8-11-29)38(40(50)57-37-22-47-15-13-25(37)14-16-47)46-59(52,53)30-4-2-3-28(17-30)39(49)56-35(19-31-32(42)20-48(51)21-33(31)43)27-9-12-34(58-41(44)45)36(18-27)55-23-24-5-6-24;3-2(4,5)1(6)7/h2-4,7-12,17-18,20-21,24-25,35,37-38,41,46H,5-6,13-16,19,22-23H2,1H3;(H,6,7)/t35-,37-,38?;/m0./s1. The van der Waals surface area contributed by atoms with Crippen LogP contribution in [0, 0.1) is 17.0 Å². The maximum atomic E-state index is 14.0. The van der Waals surface area contributed by atoms with Crippen LogP contribution in [0.15, 0.2) is 84.0 Å². The number of benzene rings is 3. The fraction of sp³-hybridized carbons (Fsp3) is 0.395. The number of ether oxygens (including phenoxy) is 5. The Hall–Kier alpha value is -5.48. The Bertz CT molecular complexity index is 2470. The third kappa shape index (κ3) is 13.3. The molecule has 15 nitrogen and oxygen atoms in total. The highest BCUT2D eigenvalue weighted by Gasteiger charge is 2.40. The van der Waals surface area contributed by atoms with Gasteiger partial charge in [0.1, 0.15) is 34.0 Å². The Morgan fingerprint density at radius 1 is 0.939 bits per heavy atom. The number of rotatable bonds is 17. The van der Waals surface area contributed by atoms with Gasteiger partial charge in [-0.3, -0.25) is 4.90 Å². The lowest BCUT2D eigenvalue weighted by Gasteiger charge is -2.44. The summed E-state index contributed by atoms with van der Waals surface area (Å²) >= 11 is 12.8. The summed E-state index contributed by atoms with van der Waals surface area (Å²) in [5.41, 5.74) is 0.636. The Kier molecular flexibility index (Phi) is 16.2. The smallest absolute Gasteiger partial charge is 0.490 e. The number of pyridine rings is 1. The molecule has 2 bridgehead atoms. The van der Waals surface area contributed by atoms with Crippen molar-refractivity contribution in [1.82, 2.24) is 9.62 Å². The Labute approximate surface area is 384 Å². The van der Waals surface area contributed by atoms with E-state index in [0.29, 0.717) is 22.6 Å². The van der Waals surface area contributed by atoms with Gasteiger partial charge in [0, 0.05) is 18.5 Å². The van der Waals surface area contributed by atoms with Crippen LogP contribution in [0.25, 0.3) is 0 Å². The molecule has 0 amide bonds. The first kappa shape index (κ1) is 49.9. The highest BCUT2D eigenvalue weighted by Crippen LogP contribution is 2.38. The fourth-order valence-electron chi connectivity index (χ4n) is 7.18. The number of nitrogens with zero attached hydrogens (tertiary/aromatic N) is 2. The molecule has 0 spiro atoms. The number of carbonyl (C=O) groups excluding carboxylic acids is 2. The minimum atomic E-state index is -5.08. The number of methoxy groups -OCH3 is 1. The summed E-state index contributed by atoms with van der Waals surface area (Å²) in [5, 5.41) is 19.1. The summed E-state index contributed by atoms with van der Waals surface area (Å²) in [6.07, 6.45) is -1.15. The largest absolute Gasteiger partial charge is 0.619 e. The van der Waals surface area contributed by atoms with E-state index in [1.54, 1.807) is 24.3 Å². The van der Waals surface area contributed by atoms with E-state index in [0.717, 1.165) is 57.2 Å². The van der Waals surface area contributed by atoms with Crippen LogP contribution in [-0.4, -0.2) is 88.6 Å². The second-order valence-corrected chi connectivity index (χ2v) is 18.0. The van der Waals surface area contributed by atoms with E-state index in [2.05, 4.69) is 14.4 Å². The van der Waals surface area contributed by atoms with E-state index < -0.39 is 59.0 Å². The number of carboxylic acids is 1. The topological polar surface area (TPSA) is 194 Å². The van der Waals surface area contributed by atoms with E-state index in [4.69, 9.17) is 52.1 Å². The minimum absolute atomic E-state index is 0.0176. The number of aliphatic carboxylic acids is 1. The first-order chi connectivity index (χ1) is 31.2. The van der Waals surface area contributed by atoms with E-state index in [1.807, 2.05) is 0 Å². The lowest BCUT2D eigenvalue weighted by atomic mass is 9.86. The van der Waals surface area contributed by atoms with Crippen LogP contribution in [-0.2, 0) is 35.5 Å². The van der Waals surface area contributed by atoms with Gasteiger partial charge >= 0.3 is 30.7 Å². The van der Waals surface area contributed by atoms with Gasteiger partial charge in [-0.2, -0.15) is 31.4 Å². The summed E-state index contributed by atoms with van der Waals surface area (Å²) in [5.74, 6) is -3.83. The molecule has 2 N–H and O–H groups in total. The zero-order chi connectivity index (χ0) is 47.9. The molecule has 3 atom stereocenters. The Morgan fingerprint density at radius 3 is 2.14 bits per heavy atom. The predicted octanol–water partition coefficient (Wildman–Crippen LogP) is 7.46. The summed E-state index contributed by atoms with van der Waals surface area (Å²) in [7, 11) is -3.03. The number of alkyl halides is 5. The van der Waals surface area contributed by atoms with Crippen molar-refractivity contribution in [3.05, 3.63) is 117 Å². The number of aromatic nitrogens is 1. The monoisotopic (exact) mass is 989 g/mol. The number of hydrogen-bond donors (Lipinski definition) is 2. The predicted molar refractivity (Wildman–Crippen MR) is 224 cm³/mol. The molecule has 4 aliphatic rings. The average Bonchev–Trinajstić information content (AvgIpc) is 4.11. The third-order valence-electron chi connectivity index (χ3n) is 10.9. The first-order valence-electron chi connectivity index (χ1n) is 20.2. The van der Waals surface area contributed by atoms with Crippen molar-refractivity contribution >= 4 is 51.1 Å². The van der Waals surface area contributed by atoms with E-state index in [-0.39, 0.29) is 68.0 Å². The van der Waals surface area contributed by atoms with Crippen LogP contribution in [0.5, 0.6) is 17.2 Å². The lowest BCUT2D eigenvalue weighted by Crippen LogP contribution is -2.52. The van der Waals surface area contributed by atoms with Crippen LogP contribution < -0.4 is 23.7 Å². The third-order valence-corrected chi connectivity index (χ3v) is 12.9. The van der Waals surface area contributed by atoms with E-state index >= 15 is 0 Å². The lowest BCUT2D eigenvalue weighted by molar-refractivity contribution is -0.605. The van der Waals surface area contributed by atoms with Crippen LogP contribution >= 0.6 is 23.2 Å². The molecule has 1 saturated carbocycles. The van der Waals surface area contributed by atoms with Crippen molar-refractivity contribution in [1.29, 1.82) is 0 Å². The first-order valence-corrected chi connectivity index (χ1v) is 22.4. The molecular formula is C43H42Cl2F5N3O12S.